The summed E-state index contributed by atoms with van der Waals surface area (Å²) >= 11 is 3.47. The lowest BCUT2D eigenvalue weighted by Gasteiger charge is -2.15. The van der Waals surface area contributed by atoms with E-state index in [2.05, 4.69) is 26.2 Å². The maximum atomic E-state index is 12.7. The maximum absolute atomic E-state index is 12.7. The molecule has 2 amide bonds. The van der Waals surface area contributed by atoms with Gasteiger partial charge in [-0.05, 0) is 68.3 Å². The number of hydrogen-bond donors (Lipinski definition) is 1. The van der Waals surface area contributed by atoms with Crippen molar-refractivity contribution in [2.75, 3.05) is 18.4 Å². The first-order valence-corrected chi connectivity index (χ1v) is 10.7. The fourth-order valence-electron chi connectivity index (χ4n) is 3.61. The highest BCUT2D eigenvalue weighted by atomic mass is 79.9. The molecule has 2 aromatic carbocycles. The summed E-state index contributed by atoms with van der Waals surface area (Å²) in [5, 5.41) is 2.89. The van der Waals surface area contributed by atoms with Crippen LogP contribution in [-0.2, 0) is 0 Å². The minimum atomic E-state index is -0.223. The topological polar surface area (TPSA) is 62.3 Å². The largest absolute Gasteiger partial charge is 0.339 e. The van der Waals surface area contributed by atoms with Gasteiger partial charge in [0.1, 0.15) is 0 Å². The minimum Gasteiger partial charge on any atom is -0.339 e. The molecule has 1 aromatic heterocycles. The summed E-state index contributed by atoms with van der Waals surface area (Å²) in [5.41, 5.74) is 4.27. The predicted octanol–water partition coefficient (Wildman–Crippen LogP) is 5.31. The number of rotatable bonds is 4. The second-order valence-corrected chi connectivity index (χ2v) is 8.29. The second-order valence-electron chi connectivity index (χ2n) is 7.37. The molecule has 0 radical (unpaired) electrons. The van der Waals surface area contributed by atoms with Crippen LogP contribution in [-0.4, -0.2) is 34.8 Å². The molecule has 0 saturated carbocycles. The Labute approximate surface area is 184 Å². The molecule has 0 aliphatic carbocycles. The Kier molecular flexibility index (Phi) is 5.95. The van der Waals surface area contributed by atoms with Crippen molar-refractivity contribution in [1.29, 1.82) is 0 Å². The summed E-state index contributed by atoms with van der Waals surface area (Å²) in [6.45, 7) is 3.47. The summed E-state index contributed by atoms with van der Waals surface area (Å²) in [7, 11) is 0. The first-order chi connectivity index (χ1) is 14.5. The molecule has 3 aromatic rings. The predicted molar refractivity (Wildman–Crippen MR) is 122 cm³/mol. The molecule has 1 aliphatic heterocycles. The number of pyridine rings is 1. The van der Waals surface area contributed by atoms with Crippen molar-refractivity contribution in [1.82, 2.24) is 9.88 Å². The number of carbonyl (C=O) groups excluding carboxylic acids is 2. The average molecular weight is 464 g/mol. The number of benzene rings is 2. The van der Waals surface area contributed by atoms with Crippen LogP contribution < -0.4 is 5.32 Å². The fourth-order valence-corrected chi connectivity index (χ4v) is 4.01. The number of likely N-dealkylation sites (tertiary alicyclic amines) is 1. The molecule has 152 valence electrons. The number of hydrogen-bond acceptors (Lipinski definition) is 3. The molecule has 30 heavy (non-hydrogen) atoms. The van der Waals surface area contributed by atoms with E-state index in [1.54, 1.807) is 30.3 Å². The van der Waals surface area contributed by atoms with E-state index < -0.39 is 0 Å². The van der Waals surface area contributed by atoms with E-state index in [1.807, 2.05) is 42.2 Å². The van der Waals surface area contributed by atoms with Crippen LogP contribution in [0.4, 0.5) is 5.69 Å². The van der Waals surface area contributed by atoms with Gasteiger partial charge in [-0.15, -0.1) is 0 Å². The smallest absolute Gasteiger partial charge is 0.257 e. The molecule has 0 atom stereocenters. The Hall–Kier alpha value is -2.99. The molecular weight excluding hydrogens is 442 g/mol. The van der Waals surface area contributed by atoms with Gasteiger partial charge in [-0.3, -0.25) is 14.6 Å². The van der Waals surface area contributed by atoms with E-state index in [1.165, 1.54) is 0 Å². The highest BCUT2D eigenvalue weighted by Crippen LogP contribution is 2.23. The third kappa shape index (κ3) is 4.44. The van der Waals surface area contributed by atoms with Gasteiger partial charge < -0.3 is 10.2 Å². The molecule has 1 saturated heterocycles. The third-order valence-corrected chi connectivity index (χ3v) is 5.73. The van der Waals surface area contributed by atoms with Crippen molar-refractivity contribution in [3.8, 4) is 11.3 Å². The van der Waals surface area contributed by atoms with Crippen LogP contribution in [0.2, 0.25) is 0 Å². The van der Waals surface area contributed by atoms with Crippen molar-refractivity contribution in [3.05, 3.63) is 82.0 Å². The number of nitrogens with zero attached hydrogens (tertiary/aromatic N) is 2. The molecule has 5 nitrogen and oxygen atoms in total. The summed E-state index contributed by atoms with van der Waals surface area (Å²) in [5.74, 6) is -0.173. The zero-order valence-electron chi connectivity index (χ0n) is 16.7. The Balaban J connectivity index is 1.46. The van der Waals surface area contributed by atoms with Gasteiger partial charge in [0.25, 0.3) is 11.8 Å². The van der Waals surface area contributed by atoms with Crippen molar-refractivity contribution in [3.63, 3.8) is 0 Å². The molecule has 4 rings (SSSR count). The molecule has 1 N–H and O–H groups in total. The first kappa shape index (κ1) is 20.3. The van der Waals surface area contributed by atoms with Crippen LogP contribution >= 0.6 is 15.9 Å². The zero-order valence-corrected chi connectivity index (χ0v) is 18.3. The Morgan fingerprint density at radius 1 is 1.00 bits per heavy atom. The summed E-state index contributed by atoms with van der Waals surface area (Å²) in [6, 6.07) is 18.6. The van der Waals surface area contributed by atoms with E-state index in [-0.39, 0.29) is 11.8 Å². The van der Waals surface area contributed by atoms with Crippen molar-refractivity contribution >= 4 is 33.4 Å². The molecule has 1 fully saturated rings. The van der Waals surface area contributed by atoms with Gasteiger partial charge in [0.15, 0.2) is 0 Å². The Morgan fingerprint density at radius 3 is 2.40 bits per heavy atom. The number of anilines is 1. The molecule has 0 bridgehead atoms. The lowest BCUT2D eigenvalue weighted by atomic mass is 10.1. The first-order valence-electron chi connectivity index (χ1n) is 9.95. The van der Waals surface area contributed by atoms with Crippen LogP contribution in [0.15, 0.2) is 65.1 Å². The maximum Gasteiger partial charge on any atom is 0.257 e. The zero-order chi connectivity index (χ0) is 21.1. The van der Waals surface area contributed by atoms with E-state index in [9.17, 15) is 9.59 Å². The minimum absolute atomic E-state index is 0.0496. The van der Waals surface area contributed by atoms with Gasteiger partial charge in [0.05, 0.1) is 17.0 Å². The SMILES string of the molecule is Cc1nc(-c2cccc(Br)c2)ccc1C(=O)Nc1ccc(C(=O)N2CCCC2)cc1. The molecule has 0 spiro atoms. The number of halogens is 1. The number of carbonyl (C=O) groups is 2. The van der Waals surface area contributed by atoms with E-state index in [0.29, 0.717) is 22.5 Å². The van der Waals surface area contributed by atoms with Gasteiger partial charge in [-0.2, -0.15) is 0 Å². The number of aryl methyl sites for hydroxylation is 1. The van der Waals surface area contributed by atoms with Crippen LogP contribution in [0.25, 0.3) is 11.3 Å². The monoisotopic (exact) mass is 463 g/mol. The summed E-state index contributed by atoms with van der Waals surface area (Å²) < 4.78 is 0.980. The standard InChI is InChI=1S/C24H22BrN3O2/c1-16-21(11-12-22(26-16)18-5-4-6-19(25)15-18)23(29)27-20-9-7-17(8-10-20)24(30)28-13-2-3-14-28/h4-12,15H,2-3,13-14H2,1H3,(H,27,29). The molecular formula is C24H22BrN3O2. The number of amides is 2. The van der Waals surface area contributed by atoms with E-state index in [0.717, 1.165) is 41.7 Å². The van der Waals surface area contributed by atoms with E-state index >= 15 is 0 Å². The average Bonchev–Trinajstić information content (AvgIpc) is 3.28. The van der Waals surface area contributed by atoms with E-state index in [4.69, 9.17) is 0 Å². The summed E-state index contributed by atoms with van der Waals surface area (Å²) in [6.07, 6.45) is 2.13. The number of aromatic nitrogens is 1. The van der Waals surface area contributed by atoms with Crippen LogP contribution in [0.5, 0.6) is 0 Å². The van der Waals surface area contributed by atoms with Crippen molar-refractivity contribution in [2.24, 2.45) is 0 Å². The molecule has 6 heteroatoms. The lowest BCUT2D eigenvalue weighted by molar-refractivity contribution is 0.0792. The van der Waals surface area contributed by atoms with Crippen LogP contribution in [0, 0.1) is 6.92 Å². The normalized spacial score (nSPS) is 13.3. The van der Waals surface area contributed by atoms with Gasteiger partial charge in [0.2, 0.25) is 0 Å². The van der Waals surface area contributed by atoms with Gasteiger partial charge in [-0.25, -0.2) is 0 Å². The molecule has 1 aliphatic rings. The second kappa shape index (κ2) is 8.79. The fraction of sp³-hybridized carbons (Fsp3) is 0.208. The highest BCUT2D eigenvalue weighted by molar-refractivity contribution is 9.10. The molecule has 0 unspecified atom stereocenters. The van der Waals surface area contributed by atoms with Crippen LogP contribution in [0.3, 0.4) is 0 Å². The number of nitrogens with one attached hydrogen (secondary N) is 1. The Morgan fingerprint density at radius 2 is 1.73 bits per heavy atom. The van der Waals surface area contributed by atoms with Gasteiger partial charge in [0, 0.05) is 34.4 Å². The summed E-state index contributed by atoms with van der Waals surface area (Å²) in [4.78, 5) is 31.6. The van der Waals surface area contributed by atoms with Crippen molar-refractivity contribution in [2.45, 2.75) is 19.8 Å². The lowest BCUT2D eigenvalue weighted by Crippen LogP contribution is -2.27. The van der Waals surface area contributed by atoms with Crippen molar-refractivity contribution < 1.29 is 9.59 Å². The quantitative estimate of drug-likeness (QED) is 0.570. The Bertz CT molecular complexity index is 1090. The molecule has 2 heterocycles. The third-order valence-electron chi connectivity index (χ3n) is 5.23. The van der Waals surface area contributed by atoms with Crippen LogP contribution in [0.1, 0.15) is 39.3 Å². The van der Waals surface area contributed by atoms with Gasteiger partial charge >= 0.3 is 0 Å². The highest BCUT2D eigenvalue weighted by Gasteiger charge is 2.19. The van der Waals surface area contributed by atoms with Gasteiger partial charge in [-0.1, -0.05) is 28.1 Å².